The molecule has 1 fully saturated rings. The Morgan fingerprint density at radius 3 is 2.43 bits per heavy atom. The van der Waals surface area contributed by atoms with Crippen molar-refractivity contribution in [2.24, 2.45) is 11.3 Å². The van der Waals surface area contributed by atoms with Crippen molar-refractivity contribution in [2.45, 2.75) is 38.5 Å². The van der Waals surface area contributed by atoms with Gasteiger partial charge in [0, 0.05) is 32.5 Å². The third kappa shape index (κ3) is 3.37. The van der Waals surface area contributed by atoms with Crippen molar-refractivity contribution in [3.05, 3.63) is 18.5 Å². The van der Waals surface area contributed by atoms with E-state index >= 15 is 0 Å². The maximum absolute atomic E-state index is 12.8. The molecule has 5 nitrogen and oxygen atoms in total. The summed E-state index contributed by atoms with van der Waals surface area (Å²) in [6, 6.07) is 1.69. The molecule has 0 bridgehead atoms. The lowest BCUT2D eigenvalue weighted by molar-refractivity contribution is 0.154. The van der Waals surface area contributed by atoms with Gasteiger partial charge in [-0.1, -0.05) is 20.8 Å². The molecule has 1 aliphatic heterocycles. The summed E-state index contributed by atoms with van der Waals surface area (Å²) in [5, 5.41) is 2.93. The molecule has 21 heavy (non-hydrogen) atoms. The first-order chi connectivity index (χ1) is 9.76. The topological polar surface area (TPSA) is 62.3 Å². The van der Waals surface area contributed by atoms with Crippen LogP contribution in [0.4, 0.5) is 5.69 Å². The van der Waals surface area contributed by atoms with E-state index in [4.69, 9.17) is 0 Å². The molecule has 0 unspecified atom stereocenters. The Morgan fingerprint density at radius 2 is 1.90 bits per heavy atom. The fourth-order valence-electron chi connectivity index (χ4n) is 2.89. The number of nitrogens with one attached hydrogen (secondary N) is 1. The Bertz CT molecular complexity index is 585. The van der Waals surface area contributed by atoms with E-state index in [0.29, 0.717) is 24.7 Å². The van der Waals surface area contributed by atoms with Crippen LogP contribution in [0, 0.1) is 11.3 Å². The molecule has 2 heterocycles. The van der Waals surface area contributed by atoms with E-state index in [0.717, 1.165) is 12.8 Å². The number of hydrogen-bond acceptors (Lipinski definition) is 4. The second kappa shape index (κ2) is 5.93. The van der Waals surface area contributed by atoms with Gasteiger partial charge in [0.1, 0.15) is 4.90 Å². The highest BCUT2D eigenvalue weighted by atomic mass is 32.2. The number of sulfonamides is 1. The Morgan fingerprint density at radius 1 is 1.29 bits per heavy atom. The van der Waals surface area contributed by atoms with Crippen molar-refractivity contribution < 1.29 is 8.42 Å². The largest absolute Gasteiger partial charge is 0.387 e. The van der Waals surface area contributed by atoms with Gasteiger partial charge in [-0.25, -0.2) is 8.42 Å². The minimum Gasteiger partial charge on any atom is -0.387 e. The molecular formula is C15H25N3O2S. The van der Waals surface area contributed by atoms with Crippen LogP contribution in [0.1, 0.15) is 33.6 Å². The average Bonchev–Trinajstić information content (AvgIpc) is 2.46. The number of nitrogens with zero attached hydrogens (tertiary/aromatic N) is 2. The standard InChI is InChI=1S/C15H25N3O2S/c1-15(2,3)12-6-9-18(10-7-12)21(19,20)14-11-17-8-5-13(14)16-4/h5,8,11-12H,6-7,9-10H2,1-4H3,(H,16,17). The lowest BCUT2D eigenvalue weighted by atomic mass is 9.76. The predicted molar refractivity (Wildman–Crippen MR) is 84.7 cm³/mol. The molecule has 1 aliphatic rings. The van der Waals surface area contributed by atoms with E-state index in [9.17, 15) is 8.42 Å². The molecule has 0 aliphatic carbocycles. The van der Waals surface area contributed by atoms with Crippen molar-refractivity contribution in [1.29, 1.82) is 0 Å². The van der Waals surface area contributed by atoms with Crippen LogP contribution < -0.4 is 5.32 Å². The van der Waals surface area contributed by atoms with Gasteiger partial charge in [-0.2, -0.15) is 4.31 Å². The summed E-state index contributed by atoms with van der Waals surface area (Å²) in [6.45, 7) is 7.84. The van der Waals surface area contributed by atoms with Crippen molar-refractivity contribution in [2.75, 3.05) is 25.5 Å². The van der Waals surface area contributed by atoms with Gasteiger partial charge in [0.25, 0.3) is 0 Å². The van der Waals surface area contributed by atoms with E-state index in [1.807, 2.05) is 0 Å². The van der Waals surface area contributed by atoms with Crippen LogP contribution in [-0.4, -0.2) is 37.8 Å². The minimum atomic E-state index is -3.47. The fourth-order valence-corrected chi connectivity index (χ4v) is 4.51. The summed E-state index contributed by atoms with van der Waals surface area (Å²) in [6.07, 6.45) is 4.85. The van der Waals surface area contributed by atoms with E-state index in [1.165, 1.54) is 6.20 Å². The average molecular weight is 311 g/mol. The quantitative estimate of drug-likeness (QED) is 0.932. The van der Waals surface area contributed by atoms with Crippen molar-refractivity contribution in [1.82, 2.24) is 9.29 Å². The molecule has 118 valence electrons. The molecule has 1 aromatic rings. The molecule has 2 rings (SSSR count). The highest BCUT2D eigenvalue weighted by Gasteiger charge is 2.34. The normalized spacial score (nSPS) is 18.7. The zero-order valence-corrected chi connectivity index (χ0v) is 14.1. The van der Waals surface area contributed by atoms with Crippen LogP contribution in [-0.2, 0) is 10.0 Å². The molecule has 1 aromatic heterocycles. The predicted octanol–water partition coefficient (Wildman–Crippen LogP) is 2.57. The molecule has 0 saturated carbocycles. The lowest BCUT2D eigenvalue weighted by Crippen LogP contribution is -2.41. The van der Waals surface area contributed by atoms with Crippen LogP contribution >= 0.6 is 0 Å². The van der Waals surface area contributed by atoms with Crippen molar-refractivity contribution >= 4 is 15.7 Å². The van der Waals surface area contributed by atoms with E-state index in [2.05, 4.69) is 31.1 Å². The molecule has 0 atom stereocenters. The Labute approximate surface area is 127 Å². The van der Waals surface area contributed by atoms with Gasteiger partial charge in [0.2, 0.25) is 10.0 Å². The van der Waals surface area contributed by atoms with Crippen LogP contribution in [0.15, 0.2) is 23.4 Å². The SMILES string of the molecule is CNc1ccncc1S(=O)(=O)N1CCC(C(C)(C)C)CC1. The van der Waals surface area contributed by atoms with Crippen LogP contribution in [0.3, 0.4) is 0 Å². The zero-order chi connectivity index (χ0) is 15.7. The van der Waals surface area contributed by atoms with Gasteiger partial charge in [-0.05, 0) is 30.2 Å². The summed E-state index contributed by atoms with van der Waals surface area (Å²) in [5.74, 6) is 0.571. The van der Waals surface area contributed by atoms with E-state index in [1.54, 1.807) is 23.6 Å². The summed E-state index contributed by atoms with van der Waals surface area (Å²) in [5.41, 5.74) is 0.836. The molecule has 0 amide bonds. The molecular weight excluding hydrogens is 286 g/mol. The summed E-state index contributed by atoms with van der Waals surface area (Å²) in [4.78, 5) is 4.23. The molecule has 0 radical (unpaired) electrons. The van der Waals surface area contributed by atoms with Gasteiger partial charge in [-0.3, -0.25) is 4.98 Å². The molecule has 0 spiro atoms. The highest BCUT2D eigenvalue weighted by molar-refractivity contribution is 7.89. The van der Waals surface area contributed by atoms with Gasteiger partial charge >= 0.3 is 0 Å². The number of piperidine rings is 1. The zero-order valence-electron chi connectivity index (χ0n) is 13.3. The Hall–Kier alpha value is -1.14. The molecule has 1 saturated heterocycles. The monoisotopic (exact) mass is 311 g/mol. The summed E-state index contributed by atoms with van der Waals surface area (Å²) >= 11 is 0. The first kappa shape index (κ1) is 16.2. The van der Waals surface area contributed by atoms with Crippen molar-refractivity contribution in [3.8, 4) is 0 Å². The maximum Gasteiger partial charge on any atom is 0.246 e. The molecule has 0 aromatic carbocycles. The Kier molecular flexibility index (Phi) is 4.58. The van der Waals surface area contributed by atoms with Gasteiger partial charge in [0.15, 0.2) is 0 Å². The summed E-state index contributed by atoms with van der Waals surface area (Å²) < 4.78 is 27.1. The third-order valence-corrected chi connectivity index (χ3v) is 6.28. The van der Waals surface area contributed by atoms with E-state index in [-0.39, 0.29) is 10.3 Å². The van der Waals surface area contributed by atoms with E-state index < -0.39 is 10.0 Å². The fraction of sp³-hybridized carbons (Fsp3) is 0.667. The first-order valence-electron chi connectivity index (χ1n) is 7.38. The number of pyridine rings is 1. The number of anilines is 1. The maximum atomic E-state index is 12.8. The first-order valence-corrected chi connectivity index (χ1v) is 8.82. The summed E-state index contributed by atoms with van der Waals surface area (Å²) in [7, 11) is -1.74. The third-order valence-electron chi connectivity index (χ3n) is 4.35. The second-order valence-corrected chi connectivity index (χ2v) is 8.57. The van der Waals surface area contributed by atoms with Crippen LogP contribution in [0.2, 0.25) is 0 Å². The van der Waals surface area contributed by atoms with Crippen LogP contribution in [0.25, 0.3) is 0 Å². The molecule has 6 heteroatoms. The van der Waals surface area contributed by atoms with Gasteiger partial charge < -0.3 is 5.32 Å². The van der Waals surface area contributed by atoms with Crippen LogP contribution in [0.5, 0.6) is 0 Å². The minimum absolute atomic E-state index is 0.236. The number of rotatable bonds is 3. The second-order valence-electron chi connectivity index (χ2n) is 6.67. The number of aromatic nitrogens is 1. The lowest BCUT2D eigenvalue weighted by Gasteiger charge is -2.38. The van der Waals surface area contributed by atoms with Gasteiger partial charge in [0.05, 0.1) is 5.69 Å². The highest BCUT2D eigenvalue weighted by Crippen LogP contribution is 2.36. The van der Waals surface area contributed by atoms with Gasteiger partial charge in [-0.15, -0.1) is 0 Å². The Balaban J connectivity index is 2.19. The molecule has 1 N–H and O–H groups in total. The number of hydrogen-bond donors (Lipinski definition) is 1. The smallest absolute Gasteiger partial charge is 0.246 e. The van der Waals surface area contributed by atoms with Crippen molar-refractivity contribution in [3.63, 3.8) is 0 Å².